The normalized spacial score (nSPS) is 18.7. The van der Waals surface area contributed by atoms with Gasteiger partial charge >= 0.3 is 0 Å². The van der Waals surface area contributed by atoms with Crippen molar-refractivity contribution < 1.29 is 0 Å². The second kappa shape index (κ2) is 4.53. The van der Waals surface area contributed by atoms with Crippen LogP contribution < -0.4 is 11.1 Å². The van der Waals surface area contributed by atoms with Gasteiger partial charge in [0.05, 0.1) is 11.3 Å². The van der Waals surface area contributed by atoms with Crippen molar-refractivity contribution in [2.75, 3.05) is 17.6 Å². The molecule has 3 heteroatoms. The summed E-state index contributed by atoms with van der Waals surface area (Å²) in [5.74, 6) is 2.68. The number of benzene rings is 1. The Kier molecular flexibility index (Phi) is 2.87. The molecule has 2 aliphatic rings. The van der Waals surface area contributed by atoms with Crippen LogP contribution in [0.2, 0.25) is 0 Å². The maximum Gasteiger partial charge on any atom is 0.101 e. The molecule has 18 heavy (non-hydrogen) atoms. The zero-order chi connectivity index (χ0) is 12.5. The Morgan fingerprint density at radius 2 is 1.94 bits per heavy atom. The van der Waals surface area contributed by atoms with E-state index in [2.05, 4.69) is 11.4 Å². The lowest BCUT2D eigenvalue weighted by Gasteiger charge is -2.17. The smallest absolute Gasteiger partial charge is 0.101 e. The summed E-state index contributed by atoms with van der Waals surface area (Å²) in [5.41, 5.74) is 7.93. The molecule has 2 saturated carbocycles. The molecule has 0 amide bonds. The Hall–Kier alpha value is -1.69. The Balaban J connectivity index is 1.67. The molecule has 0 atom stereocenters. The quantitative estimate of drug-likeness (QED) is 0.779. The van der Waals surface area contributed by atoms with Crippen molar-refractivity contribution in [1.29, 1.82) is 5.26 Å². The minimum Gasteiger partial charge on any atom is -0.399 e. The molecule has 0 saturated heterocycles. The first kappa shape index (κ1) is 11.4. The molecule has 94 valence electrons. The maximum atomic E-state index is 9.11. The van der Waals surface area contributed by atoms with Gasteiger partial charge in [-0.15, -0.1) is 0 Å². The Morgan fingerprint density at radius 3 is 2.50 bits per heavy atom. The SMILES string of the molecule is N#Cc1cc(N)ccc1NCC(C1CC1)C1CC1. The summed E-state index contributed by atoms with van der Waals surface area (Å²) >= 11 is 0. The fraction of sp³-hybridized carbons (Fsp3) is 0.533. The number of rotatable bonds is 5. The summed E-state index contributed by atoms with van der Waals surface area (Å²) < 4.78 is 0. The molecule has 0 spiro atoms. The third-order valence-electron chi connectivity index (χ3n) is 4.15. The standard InChI is InChI=1S/C15H19N3/c16-8-12-7-13(17)5-6-15(12)18-9-14(10-1-2-10)11-3-4-11/h5-7,10-11,14,18H,1-4,9,17H2. The molecule has 0 heterocycles. The summed E-state index contributed by atoms with van der Waals surface area (Å²) in [6.45, 7) is 1.01. The van der Waals surface area contributed by atoms with Gasteiger partial charge in [-0.3, -0.25) is 0 Å². The van der Waals surface area contributed by atoms with Gasteiger partial charge < -0.3 is 11.1 Å². The van der Waals surface area contributed by atoms with E-state index in [0.717, 1.165) is 30.0 Å². The molecule has 0 aliphatic heterocycles. The summed E-state index contributed by atoms with van der Waals surface area (Å²) in [5, 5.41) is 12.6. The first-order valence-corrected chi connectivity index (χ1v) is 6.81. The average Bonchev–Trinajstić information content (AvgIpc) is 3.24. The van der Waals surface area contributed by atoms with E-state index in [4.69, 9.17) is 11.0 Å². The molecule has 2 aliphatic carbocycles. The number of hydrogen-bond donors (Lipinski definition) is 2. The van der Waals surface area contributed by atoms with E-state index in [-0.39, 0.29) is 0 Å². The molecular weight excluding hydrogens is 222 g/mol. The van der Waals surface area contributed by atoms with Crippen LogP contribution in [0.3, 0.4) is 0 Å². The van der Waals surface area contributed by atoms with E-state index in [1.54, 1.807) is 6.07 Å². The van der Waals surface area contributed by atoms with E-state index in [0.29, 0.717) is 11.3 Å². The topological polar surface area (TPSA) is 61.8 Å². The molecule has 2 fully saturated rings. The zero-order valence-electron chi connectivity index (χ0n) is 10.5. The largest absolute Gasteiger partial charge is 0.399 e. The molecule has 0 radical (unpaired) electrons. The second-order valence-electron chi connectivity index (χ2n) is 5.64. The highest BCUT2D eigenvalue weighted by molar-refractivity contribution is 5.62. The third kappa shape index (κ3) is 2.43. The molecule has 0 aromatic heterocycles. The highest BCUT2D eigenvalue weighted by atomic mass is 14.9. The molecular formula is C15H19N3. The van der Waals surface area contributed by atoms with Gasteiger partial charge in [0.25, 0.3) is 0 Å². The zero-order valence-corrected chi connectivity index (χ0v) is 10.5. The predicted octanol–water partition coefficient (Wildman–Crippen LogP) is 2.99. The van der Waals surface area contributed by atoms with Gasteiger partial charge in [0, 0.05) is 12.2 Å². The van der Waals surface area contributed by atoms with Gasteiger partial charge in [-0.25, -0.2) is 0 Å². The van der Waals surface area contributed by atoms with E-state index < -0.39 is 0 Å². The van der Waals surface area contributed by atoms with Gasteiger partial charge in [-0.1, -0.05) is 0 Å². The molecule has 3 nitrogen and oxygen atoms in total. The molecule has 0 unspecified atom stereocenters. The van der Waals surface area contributed by atoms with Crippen LogP contribution in [0.25, 0.3) is 0 Å². The summed E-state index contributed by atoms with van der Waals surface area (Å²) in [7, 11) is 0. The molecule has 3 N–H and O–H groups in total. The van der Waals surface area contributed by atoms with Crippen molar-refractivity contribution in [3.8, 4) is 6.07 Å². The van der Waals surface area contributed by atoms with Gasteiger partial charge in [-0.2, -0.15) is 5.26 Å². The van der Waals surface area contributed by atoms with Crippen LogP contribution >= 0.6 is 0 Å². The maximum absolute atomic E-state index is 9.11. The van der Waals surface area contributed by atoms with E-state index in [1.165, 1.54) is 25.7 Å². The number of anilines is 2. The van der Waals surface area contributed by atoms with Gasteiger partial charge in [0.1, 0.15) is 6.07 Å². The lowest BCUT2D eigenvalue weighted by molar-refractivity contribution is 0.428. The monoisotopic (exact) mass is 241 g/mol. The van der Waals surface area contributed by atoms with Crippen LogP contribution in [0.4, 0.5) is 11.4 Å². The summed E-state index contributed by atoms with van der Waals surface area (Å²) in [6, 6.07) is 7.72. The highest BCUT2D eigenvalue weighted by Gasteiger charge is 2.41. The Labute approximate surface area is 108 Å². The minimum absolute atomic E-state index is 0.651. The predicted molar refractivity (Wildman–Crippen MR) is 73.0 cm³/mol. The lowest BCUT2D eigenvalue weighted by Crippen LogP contribution is -2.18. The van der Waals surface area contributed by atoms with Crippen LogP contribution in [0.5, 0.6) is 0 Å². The van der Waals surface area contributed by atoms with Crippen molar-refractivity contribution in [3.05, 3.63) is 23.8 Å². The average molecular weight is 241 g/mol. The fourth-order valence-electron chi connectivity index (χ4n) is 2.80. The number of hydrogen-bond acceptors (Lipinski definition) is 3. The van der Waals surface area contributed by atoms with E-state index >= 15 is 0 Å². The Morgan fingerprint density at radius 1 is 1.28 bits per heavy atom. The van der Waals surface area contributed by atoms with Crippen molar-refractivity contribution in [2.24, 2.45) is 17.8 Å². The van der Waals surface area contributed by atoms with Crippen LogP contribution in [0, 0.1) is 29.1 Å². The van der Waals surface area contributed by atoms with E-state index in [1.807, 2.05) is 12.1 Å². The van der Waals surface area contributed by atoms with Crippen molar-refractivity contribution >= 4 is 11.4 Å². The molecule has 1 aromatic carbocycles. The van der Waals surface area contributed by atoms with Gasteiger partial charge in [0.2, 0.25) is 0 Å². The molecule has 3 rings (SSSR count). The van der Waals surface area contributed by atoms with Gasteiger partial charge in [-0.05, 0) is 61.6 Å². The van der Waals surface area contributed by atoms with E-state index in [9.17, 15) is 0 Å². The first-order chi connectivity index (χ1) is 8.78. The highest BCUT2D eigenvalue weighted by Crippen LogP contribution is 2.49. The second-order valence-corrected chi connectivity index (χ2v) is 5.64. The minimum atomic E-state index is 0.651. The van der Waals surface area contributed by atoms with Crippen molar-refractivity contribution in [1.82, 2.24) is 0 Å². The molecule has 0 bridgehead atoms. The molecule has 1 aromatic rings. The first-order valence-electron chi connectivity index (χ1n) is 6.81. The Bertz CT molecular complexity index is 469. The van der Waals surface area contributed by atoms with Gasteiger partial charge in [0.15, 0.2) is 0 Å². The number of nitrogens with one attached hydrogen (secondary N) is 1. The summed E-state index contributed by atoms with van der Waals surface area (Å²) in [4.78, 5) is 0. The van der Waals surface area contributed by atoms with Crippen LogP contribution in [-0.2, 0) is 0 Å². The van der Waals surface area contributed by atoms with Crippen LogP contribution in [0.15, 0.2) is 18.2 Å². The summed E-state index contributed by atoms with van der Waals surface area (Å²) in [6.07, 6.45) is 5.59. The van der Waals surface area contributed by atoms with Crippen molar-refractivity contribution in [2.45, 2.75) is 25.7 Å². The number of nitrogen functional groups attached to an aromatic ring is 1. The van der Waals surface area contributed by atoms with Crippen LogP contribution in [0.1, 0.15) is 31.2 Å². The lowest BCUT2D eigenvalue weighted by atomic mass is 9.97. The number of nitrogens with two attached hydrogens (primary N) is 1. The van der Waals surface area contributed by atoms with Crippen molar-refractivity contribution in [3.63, 3.8) is 0 Å². The fourth-order valence-corrected chi connectivity index (χ4v) is 2.80. The third-order valence-corrected chi connectivity index (χ3v) is 4.15. The number of nitrogens with zero attached hydrogens (tertiary/aromatic N) is 1. The van der Waals surface area contributed by atoms with Crippen LogP contribution in [-0.4, -0.2) is 6.54 Å². The number of nitriles is 1.